The van der Waals surface area contributed by atoms with Gasteiger partial charge in [0.15, 0.2) is 0 Å². The van der Waals surface area contributed by atoms with E-state index >= 15 is 0 Å². The fourth-order valence-corrected chi connectivity index (χ4v) is 2.00. The van der Waals surface area contributed by atoms with Crippen LogP contribution in [0.3, 0.4) is 0 Å². The van der Waals surface area contributed by atoms with Crippen LogP contribution in [0.2, 0.25) is 0 Å². The maximum atomic E-state index is 12.1. The van der Waals surface area contributed by atoms with E-state index in [-0.39, 0.29) is 11.5 Å². The van der Waals surface area contributed by atoms with Crippen molar-refractivity contribution in [3.8, 4) is 0 Å². The highest BCUT2D eigenvalue weighted by Gasteiger charge is 2.33. The summed E-state index contributed by atoms with van der Waals surface area (Å²) in [5.41, 5.74) is 0.266. The lowest BCUT2D eigenvalue weighted by Crippen LogP contribution is -2.36. The van der Waals surface area contributed by atoms with E-state index in [1.165, 1.54) is 0 Å². The number of carbonyl (C=O) groups is 1. The van der Waals surface area contributed by atoms with Crippen molar-refractivity contribution >= 4 is 5.91 Å². The van der Waals surface area contributed by atoms with Gasteiger partial charge in [0.25, 0.3) is 0 Å². The molecule has 0 aromatic rings. The van der Waals surface area contributed by atoms with Gasteiger partial charge >= 0.3 is 0 Å². The molecule has 2 unspecified atom stereocenters. The summed E-state index contributed by atoms with van der Waals surface area (Å²) in [6.07, 6.45) is 3.27. The molecule has 1 aliphatic heterocycles. The number of hydrogen-bond acceptors (Lipinski definition) is 2. The van der Waals surface area contributed by atoms with Gasteiger partial charge in [-0.1, -0.05) is 47.5 Å². The Balaban J connectivity index is 2.45. The normalized spacial score (nSPS) is 23.2. The lowest BCUT2D eigenvalue weighted by Gasteiger charge is -2.30. The number of nitrogens with one attached hydrogen (secondary N) is 1. The van der Waals surface area contributed by atoms with E-state index in [1.807, 2.05) is 4.90 Å². The second kappa shape index (κ2) is 5.85. The molecule has 1 N–H and O–H groups in total. The Bertz CT molecular complexity index is 257. The molecule has 1 fully saturated rings. The second-order valence-electron chi connectivity index (χ2n) is 6.38. The SMILES string of the molecule is CCCCC1NCN(CC(C)C(C)(C)C)C1=O. The van der Waals surface area contributed by atoms with E-state index in [0.717, 1.165) is 32.5 Å². The molecule has 0 radical (unpaired) electrons. The minimum atomic E-state index is 0.0714. The molecule has 3 heteroatoms. The quantitative estimate of drug-likeness (QED) is 0.801. The van der Waals surface area contributed by atoms with Gasteiger partial charge < -0.3 is 4.90 Å². The summed E-state index contributed by atoms with van der Waals surface area (Å²) in [6.45, 7) is 12.7. The molecular formula is C14H28N2O. The third kappa shape index (κ3) is 3.98. The fraction of sp³-hybridized carbons (Fsp3) is 0.929. The van der Waals surface area contributed by atoms with Crippen LogP contribution in [0.4, 0.5) is 0 Å². The van der Waals surface area contributed by atoms with Crippen molar-refractivity contribution in [2.45, 2.75) is 59.9 Å². The summed E-state index contributed by atoms with van der Waals surface area (Å²) < 4.78 is 0. The highest BCUT2D eigenvalue weighted by molar-refractivity contribution is 5.83. The number of rotatable bonds is 5. The number of amides is 1. The van der Waals surface area contributed by atoms with E-state index in [9.17, 15) is 4.79 Å². The highest BCUT2D eigenvalue weighted by Crippen LogP contribution is 2.26. The topological polar surface area (TPSA) is 32.3 Å². The van der Waals surface area contributed by atoms with Crippen LogP contribution in [-0.2, 0) is 4.79 Å². The van der Waals surface area contributed by atoms with Crippen LogP contribution in [0, 0.1) is 11.3 Å². The van der Waals surface area contributed by atoms with Gasteiger partial charge in [-0.3, -0.25) is 10.1 Å². The Hall–Kier alpha value is -0.570. The summed E-state index contributed by atoms with van der Waals surface area (Å²) in [5, 5.41) is 3.32. The van der Waals surface area contributed by atoms with Gasteiger partial charge in [-0.05, 0) is 17.8 Å². The van der Waals surface area contributed by atoms with Crippen LogP contribution in [-0.4, -0.2) is 30.1 Å². The zero-order valence-electron chi connectivity index (χ0n) is 12.0. The molecule has 0 aliphatic carbocycles. The van der Waals surface area contributed by atoms with Gasteiger partial charge in [-0.15, -0.1) is 0 Å². The van der Waals surface area contributed by atoms with E-state index in [2.05, 4.69) is 39.9 Å². The van der Waals surface area contributed by atoms with Crippen LogP contribution in [0.5, 0.6) is 0 Å². The van der Waals surface area contributed by atoms with Crippen molar-refractivity contribution in [3.05, 3.63) is 0 Å². The summed E-state index contributed by atoms with van der Waals surface area (Å²) >= 11 is 0. The fourth-order valence-electron chi connectivity index (χ4n) is 2.00. The van der Waals surface area contributed by atoms with Gasteiger partial charge in [-0.2, -0.15) is 0 Å². The van der Waals surface area contributed by atoms with Crippen LogP contribution in [0.15, 0.2) is 0 Å². The van der Waals surface area contributed by atoms with Crippen LogP contribution in [0.25, 0.3) is 0 Å². The van der Waals surface area contributed by atoms with Gasteiger partial charge in [0, 0.05) is 6.54 Å². The maximum absolute atomic E-state index is 12.1. The van der Waals surface area contributed by atoms with Crippen LogP contribution >= 0.6 is 0 Å². The molecule has 1 heterocycles. The number of unbranched alkanes of at least 4 members (excludes halogenated alkanes) is 1. The predicted octanol–water partition coefficient (Wildman–Crippen LogP) is 2.62. The van der Waals surface area contributed by atoms with E-state index in [1.54, 1.807) is 0 Å². The lowest BCUT2D eigenvalue weighted by atomic mass is 9.82. The molecule has 0 aromatic carbocycles. The molecule has 100 valence electrons. The predicted molar refractivity (Wildman–Crippen MR) is 71.6 cm³/mol. The zero-order chi connectivity index (χ0) is 13.1. The summed E-state index contributed by atoms with van der Waals surface area (Å²) in [5.74, 6) is 0.827. The standard InChI is InChI=1S/C14H28N2O/c1-6-7-8-12-13(17)16(10-15-12)9-11(2)14(3,4)5/h11-12,15H,6-10H2,1-5H3. The molecule has 0 aromatic heterocycles. The molecule has 1 rings (SSSR count). The van der Waals surface area contributed by atoms with Gasteiger partial charge in [0.05, 0.1) is 12.7 Å². The molecule has 0 spiro atoms. The Morgan fingerprint density at radius 1 is 1.47 bits per heavy atom. The van der Waals surface area contributed by atoms with Crippen molar-refractivity contribution in [3.63, 3.8) is 0 Å². The first-order valence-corrected chi connectivity index (χ1v) is 6.88. The average Bonchev–Trinajstić information content (AvgIpc) is 2.56. The van der Waals surface area contributed by atoms with Gasteiger partial charge in [-0.25, -0.2) is 0 Å². The molecule has 1 saturated heterocycles. The van der Waals surface area contributed by atoms with Gasteiger partial charge in [0.2, 0.25) is 5.91 Å². The first kappa shape index (κ1) is 14.5. The lowest BCUT2D eigenvalue weighted by molar-refractivity contribution is -0.129. The molecule has 0 bridgehead atoms. The summed E-state index contributed by atoms with van der Waals surface area (Å²) in [7, 11) is 0. The Morgan fingerprint density at radius 3 is 2.65 bits per heavy atom. The van der Waals surface area contributed by atoms with Crippen molar-refractivity contribution in [2.75, 3.05) is 13.2 Å². The average molecular weight is 240 g/mol. The molecule has 2 atom stereocenters. The minimum Gasteiger partial charge on any atom is -0.328 e. The zero-order valence-corrected chi connectivity index (χ0v) is 12.0. The molecule has 1 aliphatic rings. The number of carbonyl (C=O) groups excluding carboxylic acids is 1. The Labute approximate surface area is 106 Å². The van der Waals surface area contributed by atoms with Crippen molar-refractivity contribution in [1.29, 1.82) is 0 Å². The van der Waals surface area contributed by atoms with E-state index in [0.29, 0.717) is 11.8 Å². The third-order valence-corrected chi connectivity index (χ3v) is 3.96. The van der Waals surface area contributed by atoms with Crippen LogP contribution in [0.1, 0.15) is 53.9 Å². The van der Waals surface area contributed by atoms with Crippen molar-refractivity contribution < 1.29 is 4.79 Å². The highest BCUT2D eigenvalue weighted by atomic mass is 16.2. The number of hydrogen-bond donors (Lipinski definition) is 1. The molecular weight excluding hydrogens is 212 g/mol. The Morgan fingerprint density at radius 2 is 2.12 bits per heavy atom. The maximum Gasteiger partial charge on any atom is 0.240 e. The molecule has 1 amide bonds. The van der Waals surface area contributed by atoms with E-state index in [4.69, 9.17) is 0 Å². The first-order chi connectivity index (χ1) is 7.86. The largest absolute Gasteiger partial charge is 0.328 e. The van der Waals surface area contributed by atoms with Crippen molar-refractivity contribution in [1.82, 2.24) is 10.2 Å². The smallest absolute Gasteiger partial charge is 0.240 e. The summed E-state index contributed by atoms with van der Waals surface area (Å²) in [4.78, 5) is 14.1. The monoisotopic (exact) mass is 240 g/mol. The molecule has 3 nitrogen and oxygen atoms in total. The van der Waals surface area contributed by atoms with E-state index < -0.39 is 0 Å². The Kier molecular flexibility index (Phi) is 4.99. The van der Waals surface area contributed by atoms with Gasteiger partial charge in [0.1, 0.15) is 0 Å². The van der Waals surface area contributed by atoms with Crippen LogP contribution < -0.4 is 5.32 Å². The minimum absolute atomic E-state index is 0.0714. The first-order valence-electron chi connectivity index (χ1n) is 6.88. The summed E-state index contributed by atoms with van der Waals surface area (Å²) in [6, 6.07) is 0.0714. The third-order valence-electron chi connectivity index (χ3n) is 3.96. The molecule has 17 heavy (non-hydrogen) atoms. The second-order valence-corrected chi connectivity index (χ2v) is 6.38. The molecule has 0 saturated carbocycles. The van der Waals surface area contributed by atoms with Crippen molar-refractivity contribution in [2.24, 2.45) is 11.3 Å². The number of nitrogens with zero attached hydrogens (tertiary/aromatic N) is 1.